The standard InChI is InChI=1S/C27H40N3O11P/c1-6-9-10-11-15-28-27(34)30-22-13-12-20(17-29-22)40-26-25(39-19(5)32)24(38-18(4)31)23(33)21(41-26)14-16-42(35,36-7-2)37-8-3/h1,12-13,17,21,23-26,33H,7-11,14-16H2,2-5H3,(H2,28,29,30,34)/t21-,23-,24+,25+,26+/m1/s1. The van der Waals surface area contributed by atoms with E-state index in [1.165, 1.54) is 18.3 Å². The molecule has 0 unspecified atom stereocenters. The predicted molar refractivity (Wildman–Crippen MR) is 151 cm³/mol. The molecule has 2 amide bonds. The van der Waals surface area contributed by atoms with E-state index >= 15 is 0 Å². The van der Waals surface area contributed by atoms with Crippen molar-refractivity contribution in [2.24, 2.45) is 0 Å². The Bertz CT molecular complexity index is 1100. The number of hydrogen-bond acceptors (Lipinski definition) is 12. The minimum Gasteiger partial charge on any atom is -0.459 e. The van der Waals surface area contributed by atoms with Crippen LogP contribution < -0.4 is 15.4 Å². The van der Waals surface area contributed by atoms with Crippen molar-refractivity contribution in [3.63, 3.8) is 0 Å². The lowest BCUT2D eigenvalue weighted by atomic mass is 9.96. The van der Waals surface area contributed by atoms with Crippen LogP contribution in [-0.4, -0.2) is 84.7 Å². The van der Waals surface area contributed by atoms with Crippen LogP contribution in [0.5, 0.6) is 5.75 Å². The Morgan fingerprint density at radius 1 is 1.10 bits per heavy atom. The maximum atomic E-state index is 13.0. The molecular weight excluding hydrogens is 573 g/mol. The Balaban J connectivity index is 2.18. The number of aromatic nitrogens is 1. The number of amides is 2. The molecule has 1 aromatic rings. The van der Waals surface area contributed by atoms with Crippen molar-refractivity contribution in [1.82, 2.24) is 10.3 Å². The van der Waals surface area contributed by atoms with Gasteiger partial charge in [0.2, 0.25) is 12.4 Å². The van der Waals surface area contributed by atoms with Crippen molar-refractivity contribution in [2.75, 3.05) is 31.2 Å². The number of rotatable bonds is 16. The number of ether oxygens (including phenoxy) is 4. The van der Waals surface area contributed by atoms with E-state index in [0.29, 0.717) is 13.0 Å². The molecule has 0 aliphatic carbocycles. The van der Waals surface area contributed by atoms with Crippen molar-refractivity contribution in [2.45, 2.75) is 84.1 Å². The molecule has 1 aliphatic heterocycles. The quantitative estimate of drug-likeness (QED) is 0.107. The Morgan fingerprint density at radius 2 is 1.76 bits per heavy atom. The second-order valence-electron chi connectivity index (χ2n) is 9.18. The number of carbonyl (C=O) groups is 3. The van der Waals surface area contributed by atoms with Crippen molar-refractivity contribution in [3.8, 4) is 18.1 Å². The van der Waals surface area contributed by atoms with Gasteiger partial charge in [0.25, 0.3) is 0 Å². The Hall–Kier alpha value is -3.21. The fourth-order valence-corrected chi connectivity index (χ4v) is 5.78. The van der Waals surface area contributed by atoms with Gasteiger partial charge in [-0.1, -0.05) is 0 Å². The molecule has 0 spiro atoms. The first-order chi connectivity index (χ1) is 20.0. The molecular formula is C27H40N3O11P. The summed E-state index contributed by atoms with van der Waals surface area (Å²) in [5.74, 6) is 1.45. The molecule has 3 N–H and O–H groups in total. The van der Waals surface area contributed by atoms with Crippen LogP contribution in [0.4, 0.5) is 10.6 Å². The average Bonchev–Trinajstić information content (AvgIpc) is 2.92. The molecule has 1 saturated heterocycles. The highest BCUT2D eigenvalue weighted by Crippen LogP contribution is 2.49. The number of aliphatic hydroxyl groups excluding tert-OH is 1. The fourth-order valence-electron chi connectivity index (χ4n) is 4.08. The van der Waals surface area contributed by atoms with E-state index < -0.39 is 56.3 Å². The summed E-state index contributed by atoms with van der Waals surface area (Å²) in [6, 6.07) is 2.52. The van der Waals surface area contributed by atoms with Crippen LogP contribution >= 0.6 is 7.60 Å². The number of aliphatic hydroxyl groups is 1. The van der Waals surface area contributed by atoms with Crippen LogP contribution in [0, 0.1) is 12.3 Å². The van der Waals surface area contributed by atoms with Crippen LogP contribution in [0.25, 0.3) is 0 Å². The molecule has 2 heterocycles. The van der Waals surface area contributed by atoms with Crippen LogP contribution in [0.15, 0.2) is 18.3 Å². The third-order valence-electron chi connectivity index (χ3n) is 5.83. The highest BCUT2D eigenvalue weighted by Gasteiger charge is 2.51. The fraction of sp³-hybridized carbons (Fsp3) is 0.630. The molecule has 2 rings (SSSR count). The van der Waals surface area contributed by atoms with Gasteiger partial charge >= 0.3 is 25.6 Å². The Morgan fingerprint density at radius 3 is 2.33 bits per heavy atom. The normalized spacial score (nSPS) is 22.0. The van der Waals surface area contributed by atoms with Gasteiger partial charge in [-0.3, -0.25) is 19.5 Å². The van der Waals surface area contributed by atoms with Gasteiger partial charge in [-0.25, -0.2) is 9.78 Å². The molecule has 0 aromatic carbocycles. The first-order valence-corrected chi connectivity index (χ1v) is 15.4. The summed E-state index contributed by atoms with van der Waals surface area (Å²) >= 11 is 0. The second-order valence-corrected chi connectivity index (χ2v) is 11.4. The maximum absolute atomic E-state index is 13.0. The zero-order valence-corrected chi connectivity index (χ0v) is 25.2. The topological polar surface area (TPSA) is 181 Å². The molecule has 42 heavy (non-hydrogen) atoms. The molecule has 14 nitrogen and oxygen atoms in total. The number of unbranched alkanes of at least 4 members (excludes halogenated alkanes) is 2. The van der Waals surface area contributed by atoms with E-state index in [1.54, 1.807) is 13.8 Å². The minimum absolute atomic E-state index is 0.0260. The van der Waals surface area contributed by atoms with E-state index in [-0.39, 0.29) is 37.4 Å². The van der Waals surface area contributed by atoms with Crippen molar-refractivity contribution < 1.29 is 52.1 Å². The number of carbonyl (C=O) groups excluding carboxylic acids is 3. The van der Waals surface area contributed by atoms with E-state index in [0.717, 1.165) is 26.7 Å². The van der Waals surface area contributed by atoms with Crippen LogP contribution in [0.2, 0.25) is 0 Å². The average molecular weight is 614 g/mol. The molecule has 0 saturated carbocycles. The third-order valence-corrected chi connectivity index (χ3v) is 7.93. The smallest absolute Gasteiger partial charge is 0.330 e. The summed E-state index contributed by atoms with van der Waals surface area (Å²) in [4.78, 5) is 40.0. The minimum atomic E-state index is -3.50. The number of nitrogens with zero attached hydrogens (tertiary/aromatic N) is 1. The van der Waals surface area contributed by atoms with Crippen molar-refractivity contribution in [1.29, 1.82) is 0 Å². The molecule has 15 heteroatoms. The maximum Gasteiger partial charge on any atom is 0.330 e. The van der Waals surface area contributed by atoms with E-state index in [9.17, 15) is 24.1 Å². The highest BCUT2D eigenvalue weighted by atomic mass is 31.2. The molecule has 1 aromatic heterocycles. The lowest BCUT2D eigenvalue weighted by molar-refractivity contribution is -0.280. The number of terminal acetylenes is 1. The molecule has 0 bridgehead atoms. The lowest BCUT2D eigenvalue weighted by Crippen LogP contribution is -2.61. The van der Waals surface area contributed by atoms with Gasteiger partial charge in [-0.05, 0) is 45.2 Å². The number of hydrogen-bond donors (Lipinski definition) is 3. The number of anilines is 1. The summed E-state index contributed by atoms with van der Waals surface area (Å²) in [6.07, 6.45) is 1.92. The van der Waals surface area contributed by atoms with Gasteiger partial charge in [0.05, 0.1) is 31.7 Å². The number of nitrogens with one attached hydrogen (secondary N) is 2. The predicted octanol–water partition coefficient (Wildman–Crippen LogP) is 2.99. The summed E-state index contributed by atoms with van der Waals surface area (Å²) < 4.78 is 46.2. The molecule has 0 radical (unpaired) electrons. The molecule has 1 aliphatic rings. The summed E-state index contributed by atoms with van der Waals surface area (Å²) in [5, 5.41) is 16.3. The summed E-state index contributed by atoms with van der Waals surface area (Å²) in [7, 11) is -3.50. The zero-order valence-electron chi connectivity index (χ0n) is 24.3. The SMILES string of the molecule is C#CCCCCNC(=O)Nc1ccc(O[C@H]2O[C@H](CCP(=O)(OCC)OCC)[C@@H](O)[C@H](OC(C)=O)[C@@H]2OC(C)=O)cn1. The van der Waals surface area contributed by atoms with Crippen LogP contribution in [0.1, 0.15) is 53.4 Å². The van der Waals surface area contributed by atoms with Gasteiger partial charge in [0, 0.05) is 26.8 Å². The van der Waals surface area contributed by atoms with Gasteiger partial charge in [0.1, 0.15) is 17.7 Å². The van der Waals surface area contributed by atoms with Crippen molar-refractivity contribution in [3.05, 3.63) is 18.3 Å². The zero-order chi connectivity index (χ0) is 31.1. The van der Waals surface area contributed by atoms with E-state index in [1.807, 2.05) is 0 Å². The monoisotopic (exact) mass is 613 g/mol. The van der Waals surface area contributed by atoms with Crippen LogP contribution in [0.3, 0.4) is 0 Å². The first kappa shape index (κ1) is 35.0. The summed E-state index contributed by atoms with van der Waals surface area (Å²) in [5.41, 5.74) is 0. The van der Waals surface area contributed by atoms with Gasteiger partial charge in [0.15, 0.2) is 6.10 Å². The van der Waals surface area contributed by atoms with Gasteiger partial charge in [-0.15, -0.1) is 12.3 Å². The van der Waals surface area contributed by atoms with Crippen LogP contribution in [-0.2, 0) is 37.4 Å². The van der Waals surface area contributed by atoms with E-state index in [2.05, 4.69) is 21.5 Å². The summed E-state index contributed by atoms with van der Waals surface area (Å²) in [6.45, 7) is 6.37. The first-order valence-electron chi connectivity index (χ1n) is 13.7. The third kappa shape index (κ3) is 11.6. The Kier molecular flexibility index (Phi) is 14.7. The molecule has 1 fully saturated rings. The Labute approximate surface area is 245 Å². The molecule has 234 valence electrons. The second kappa shape index (κ2) is 17.7. The lowest BCUT2D eigenvalue weighted by Gasteiger charge is -2.43. The van der Waals surface area contributed by atoms with Gasteiger partial charge in [-0.2, -0.15) is 0 Å². The van der Waals surface area contributed by atoms with E-state index in [4.69, 9.17) is 34.4 Å². The number of pyridine rings is 1. The highest BCUT2D eigenvalue weighted by molar-refractivity contribution is 7.53. The largest absolute Gasteiger partial charge is 0.459 e. The van der Waals surface area contributed by atoms with Crippen molar-refractivity contribution >= 4 is 31.4 Å². The molecule has 5 atom stereocenters. The number of urea groups is 1. The number of esters is 2. The van der Waals surface area contributed by atoms with Gasteiger partial charge < -0.3 is 38.4 Å².